The third kappa shape index (κ3) is 2.90. The molecule has 18 heavy (non-hydrogen) atoms. The molecule has 0 aromatic carbocycles. The van der Waals surface area contributed by atoms with Crippen LogP contribution in [0.1, 0.15) is 42.1 Å². The van der Waals surface area contributed by atoms with E-state index in [2.05, 4.69) is 9.88 Å². The Hall–Kier alpha value is -0.940. The van der Waals surface area contributed by atoms with Crippen molar-refractivity contribution in [3.8, 4) is 0 Å². The molecule has 1 atom stereocenters. The van der Waals surface area contributed by atoms with Crippen LogP contribution >= 0.6 is 11.3 Å². The highest BCUT2D eigenvalue weighted by Gasteiger charge is 2.23. The molecule has 4 nitrogen and oxygen atoms in total. The van der Waals surface area contributed by atoms with Crippen molar-refractivity contribution >= 4 is 22.3 Å². The Labute approximate surface area is 112 Å². The van der Waals surface area contributed by atoms with Crippen LogP contribution < -0.4 is 4.90 Å². The molecule has 0 spiro atoms. The Morgan fingerprint density at radius 1 is 1.61 bits per heavy atom. The van der Waals surface area contributed by atoms with Crippen molar-refractivity contribution in [3.05, 3.63) is 10.6 Å². The van der Waals surface area contributed by atoms with E-state index < -0.39 is 0 Å². The summed E-state index contributed by atoms with van der Waals surface area (Å²) in [6.07, 6.45) is 2.54. The molecule has 1 aliphatic heterocycles. The first-order chi connectivity index (χ1) is 8.61. The quantitative estimate of drug-likeness (QED) is 0.787. The fourth-order valence-corrected chi connectivity index (χ4v) is 3.32. The summed E-state index contributed by atoms with van der Waals surface area (Å²) in [6.45, 7) is 8.19. The zero-order valence-corrected chi connectivity index (χ0v) is 12.0. The summed E-state index contributed by atoms with van der Waals surface area (Å²) in [5, 5.41) is 0.960. The number of anilines is 1. The number of piperidine rings is 1. The first-order valence-corrected chi connectivity index (χ1v) is 7.28. The van der Waals surface area contributed by atoms with Crippen molar-refractivity contribution in [2.45, 2.75) is 39.7 Å². The molecule has 0 N–H and O–H groups in total. The molecule has 1 aliphatic rings. The molecule has 0 radical (unpaired) electrons. The Morgan fingerprint density at radius 3 is 3.00 bits per heavy atom. The molecule has 1 saturated heterocycles. The Bertz CT molecular complexity index is 429. The highest BCUT2D eigenvalue weighted by Crippen LogP contribution is 2.29. The van der Waals surface area contributed by atoms with Gasteiger partial charge in [-0.05, 0) is 26.7 Å². The molecule has 1 unspecified atom stereocenters. The molecule has 5 heteroatoms. The van der Waals surface area contributed by atoms with Gasteiger partial charge in [-0.3, -0.25) is 4.79 Å². The number of Topliss-reactive ketones (excluding diaryl/α,β-unsaturated/α-hetero) is 1. The summed E-state index contributed by atoms with van der Waals surface area (Å²) in [6, 6.07) is 0. The van der Waals surface area contributed by atoms with Gasteiger partial charge in [-0.25, -0.2) is 4.98 Å². The van der Waals surface area contributed by atoms with Gasteiger partial charge in [0.05, 0.1) is 16.7 Å². The number of carbonyl (C=O) groups excluding carboxylic acids is 1. The molecule has 2 heterocycles. The summed E-state index contributed by atoms with van der Waals surface area (Å²) >= 11 is 1.50. The van der Waals surface area contributed by atoms with Crippen molar-refractivity contribution in [3.63, 3.8) is 0 Å². The SMILES string of the molecule is CCOC1CCCN(c2nc(C)c(C(C)=O)s2)C1. The summed E-state index contributed by atoms with van der Waals surface area (Å²) in [7, 11) is 0. The second kappa shape index (κ2) is 5.80. The topological polar surface area (TPSA) is 42.4 Å². The first kappa shape index (κ1) is 13.5. The van der Waals surface area contributed by atoms with Crippen molar-refractivity contribution in [1.82, 2.24) is 4.98 Å². The van der Waals surface area contributed by atoms with Gasteiger partial charge in [0.2, 0.25) is 0 Å². The maximum absolute atomic E-state index is 11.5. The molecule has 2 rings (SSSR count). The van der Waals surface area contributed by atoms with E-state index >= 15 is 0 Å². The van der Waals surface area contributed by atoms with Gasteiger partial charge in [0, 0.05) is 26.6 Å². The van der Waals surface area contributed by atoms with Crippen molar-refractivity contribution < 1.29 is 9.53 Å². The predicted molar refractivity (Wildman–Crippen MR) is 73.7 cm³/mol. The average molecular weight is 268 g/mol. The van der Waals surface area contributed by atoms with Crippen LogP contribution in [0, 0.1) is 6.92 Å². The van der Waals surface area contributed by atoms with Gasteiger partial charge in [-0.1, -0.05) is 11.3 Å². The average Bonchev–Trinajstić information content (AvgIpc) is 2.72. The van der Waals surface area contributed by atoms with Crippen LogP contribution in [0.3, 0.4) is 0 Å². The number of hydrogen-bond donors (Lipinski definition) is 0. The number of rotatable bonds is 4. The smallest absolute Gasteiger partial charge is 0.186 e. The van der Waals surface area contributed by atoms with Crippen LogP contribution in [0.25, 0.3) is 0 Å². The number of hydrogen-bond acceptors (Lipinski definition) is 5. The molecular formula is C13H20N2O2S. The number of thiazole rings is 1. The van der Waals surface area contributed by atoms with Crippen LogP contribution in [0.4, 0.5) is 5.13 Å². The third-order valence-electron chi connectivity index (χ3n) is 3.16. The molecule has 1 aromatic heterocycles. The number of carbonyl (C=O) groups is 1. The predicted octanol–water partition coefficient (Wildman–Crippen LogP) is 2.66. The lowest BCUT2D eigenvalue weighted by atomic mass is 10.1. The second-order valence-electron chi connectivity index (χ2n) is 4.63. The van der Waals surface area contributed by atoms with Crippen LogP contribution in [-0.4, -0.2) is 36.6 Å². The summed E-state index contributed by atoms with van der Waals surface area (Å²) < 4.78 is 5.69. The van der Waals surface area contributed by atoms with Gasteiger partial charge in [-0.2, -0.15) is 0 Å². The molecule has 0 bridgehead atoms. The standard InChI is InChI=1S/C13H20N2O2S/c1-4-17-11-6-5-7-15(8-11)13-14-9(2)12(18-13)10(3)16/h11H,4-8H2,1-3H3. The van der Waals surface area contributed by atoms with Gasteiger partial charge in [-0.15, -0.1) is 0 Å². The van der Waals surface area contributed by atoms with Gasteiger partial charge in [0.25, 0.3) is 0 Å². The Balaban J connectivity index is 2.11. The van der Waals surface area contributed by atoms with Crippen LogP contribution in [0.15, 0.2) is 0 Å². The van der Waals surface area contributed by atoms with E-state index in [9.17, 15) is 4.79 Å². The van der Waals surface area contributed by atoms with Crippen LogP contribution in [-0.2, 0) is 4.74 Å². The number of aryl methyl sites for hydroxylation is 1. The molecular weight excluding hydrogens is 248 g/mol. The number of aromatic nitrogens is 1. The summed E-state index contributed by atoms with van der Waals surface area (Å²) in [5.41, 5.74) is 0.848. The lowest BCUT2D eigenvalue weighted by Crippen LogP contribution is -2.39. The van der Waals surface area contributed by atoms with Crippen molar-refractivity contribution in [2.75, 3.05) is 24.6 Å². The van der Waals surface area contributed by atoms with Gasteiger partial charge >= 0.3 is 0 Å². The normalized spacial score (nSPS) is 20.2. The van der Waals surface area contributed by atoms with E-state index in [-0.39, 0.29) is 5.78 Å². The van der Waals surface area contributed by atoms with E-state index in [1.807, 2.05) is 13.8 Å². The molecule has 1 fully saturated rings. The lowest BCUT2D eigenvalue weighted by molar-refractivity contribution is 0.0526. The lowest BCUT2D eigenvalue weighted by Gasteiger charge is -2.32. The maximum atomic E-state index is 11.5. The largest absolute Gasteiger partial charge is 0.377 e. The fraction of sp³-hybridized carbons (Fsp3) is 0.692. The zero-order chi connectivity index (χ0) is 13.1. The highest BCUT2D eigenvalue weighted by molar-refractivity contribution is 7.17. The minimum atomic E-state index is 0.106. The van der Waals surface area contributed by atoms with Crippen LogP contribution in [0.5, 0.6) is 0 Å². The molecule has 0 saturated carbocycles. The minimum absolute atomic E-state index is 0.106. The molecule has 0 amide bonds. The maximum Gasteiger partial charge on any atom is 0.186 e. The molecule has 100 valence electrons. The highest BCUT2D eigenvalue weighted by atomic mass is 32.1. The number of ketones is 1. The number of nitrogens with zero attached hydrogens (tertiary/aromatic N) is 2. The first-order valence-electron chi connectivity index (χ1n) is 6.46. The van der Waals surface area contributed by atoms with Gasteiger partial charge in [0.15, 0.2) is 10.9 Å². The van der Waals surface area contributed by atoms with E-state index in [1.54, 1.807) is 6.92 Å². The van der Waals surface area contributed by atoms with E-state index in [0.717, 1.165) is 48.2 Å². The second-order valence-corrected chi connectivity index (χ2v) is 5.61. The fourth-order valence-electron chi connectivity index (χ4n) is 2.33. The Morgan fingerprint density at radius 2 is 2.39 bits per heavy atom. The van der Waals surface area contributed by atoms with E-state index in [4.69, 9.17) is 4.74 Å². The molecule has 1 aromatic rings. The van der Waals surface area contributed by atoms with Crippen molar-refractivity contribution in [1.29, 1.82) is 0 Å². The summed E-state index contributed by atoms with van der Waals surface area (Å²) in [4.78, 5) is 19.0. The monoisotopic (exact) mass is 268 g/mol. The minimum Gasteiger partial charge on any atom is -0.377 e. The number of ether oxygens (including phenoxy) is 1. The third-order valence-corrected chi connectivity index (χ3v) is 4.48. The summed E-state index contributed by atoms with van der Waals surface area (Å²) in [5.74, 6) is 0.106. The van der Waals surface area contributed by atoms with E-state index in [0.29, 0.717) is 6.10 Å². The zero-order valence-electron chi connectivity index (χ0n) is 11.2. The van der Waals surface area contributed by atoms with Gasteiger partial charge in [0.1, 0.15) is 0 Å². The van der Waals surface area contributed by atoms with E-state index in [1.165, 1.54) is 11.3 Å². The Kier molecular flexibility index (Phi) is 4.35. The van der Waals surface area contributed by atoms with Crippen LogP contribution in [0.2, 0.25) is 0 Å². The van der Waals surface area contributed by atoms with Crippen molar-refractivity contribution in [2.24, 2.45) is 0 Å². The molecule has 0 aliphatic carbocycles. The van der Waals surface area contributed by atoms with Gasteiger partial charge < -0.3 is 9.64 Å².